The van der Waals surface area contributed by atoms with Gasteiger partial charge in [-0.3, -0.25) is 0 Å². The molecule has 0 heteroatoms. The third kappa shape index (κ3) is 0.339. The number of hydrogen-bond donors (Lipinski definition) is 0. The molecule has 0 amide bonds. The Balaban J connectivity index is 1.86. The molecule has 3 saturated carbocycles. The molecule has 0 aromatic heterocycles. The van der Waals surface area contributed by atoms with Gasteiger partial charge in [0.25, 0.3) is 0 Å². The fraction of sp³-hybridized carbons (Fsp3) is 1.00. The van der Waals surface area contributed by atoms with Crippen LogP contribution in [0.5, 0.6) is 0 Å². The van der Waals surface area contributed by atoms with Gasteiger partial charge in [0.1, 0.15) is 0 Å². The first kappa shape index (κ1) is 5.62. The molecule has 10 heavy (non-hydrogen) atoms. The average Bonchev–Trinajstić information content (AvgIpc) is 2.80. The Hall–Kier alpha value is 0. The van der Waals surface area contributed by atoms with E-state index in [2.05, 4.69) is 13.8 Å². The molecule has 0 saturated heterocycles. The first-order chi connectivity index (χ1) is 4.77. The quantitative estimate of drug-likeness (QED) is 0.520. The molecular weight excluding hydrogens is 120 g/mol. The maximum atomic E-state index is 2.47. The van der Waals surface area contributed by atoms with Crippen molar-refractivity contribution in [2.24, 2.45) is 22.7 Å². The molecular formula is C10H16. The minimum Gasteiger partial charge on any atom is -0.0651 e. The maximum Gasteiger partial charge on any atom is -0.0176 e. The molecule has 0 aromatic carbocycles. The van der Waals surface area contributed by atoms with E-state index < -0.39 is 0 Å². The van der Waals surface area contributed by atoms with Crippen LogP contribution < -0.4 is 0 Å². The van der Waals surface area contributed by atoms with Crippen LogP contribution in [0.15, 0.2) is 0 Å². The molecule has 0 N–H and O–H groups in total. The number of rotatable bonds is 1. The van der Waals surface area contributed by atoms with Gasteiger partial charge >= 0.3 is 0 Å². The van der Waals surface area contributed by atoms with Crippen LogP contribution in [0.3, 0.4) is 0 Å². The Bertz CT molecular complexity index is 190. The van der Waals surface area contributed by atoms with Gasteiger partial charge in [0.2, 0.25) is 0 Å². The van der Waals surface area contributed by atoms with Gasteiger partial charge in [-0.05, 0) is 41.9 Å². The van der Waals surface area contributed by atoms with Gasteiger partial charge in [-0.25, -0.2) is 0 Å². The normalized spacial score (nSPS) is 59.4. The van der Waals surface area contributed by atoms with Crippen molar-refractivity contribution in [3.8, 4) is 0 Å². The van der Waals surface area contributed by atoms with Crippen molar-refractivity contribution in [3.63, 3.8) is 0 Å². The van der Waals surface area contributed by atoms with Crippen LogP contribution in [0.25, 0.3) is 0 Å². The summed E-state index contributed by atoms with van der Waals surface area (Å²) < 4.78 is 0. The summed E-state index contributed by atoms with van der Waals surface area (Å²) in [5, 5.41) is 0. The van der Waals surface area contributed by atoms with Crippen LogP contribution in [0, 0.1) is 22.7 Å². The first-order valence-electron chi connectivity index (χ1n) is 4.77. The summed E-state index contributed by atoms with van der Waals surface area (Å²) in [6.45, 7) is 4.84. The summed E-state index contributed by atoms with van der Waals surface area (Å²) in [6.07, 6.45) is 6.21. The third-order valence-electron chi connectivity index (χ3n) is 4.76. The Morgan fingerprint density at radius 2 is 2.10 bits per heavy atom. The zero-order chi connectivity index (χ0) is 6.98. The Labute approximate surface area is 63.0 Å². The zero-order valence-corrected chi connectivity index (χ0v) is 6.98. The average molecular weight is 136 g/mol. The van der Waals surface area contributed by atoms with Crippen LogP contribution in [0.2, 0.25) is 0 Å². The summed E-state index contributed by atoms with van der Waals surface area (Å²) in [6, 6.07) is 0. The smallest absolute Gasteiger partial charge is 0.0176 e. The molecule has 3 unspecified atom stereocenters. The Morgan fingerprint density at radius 1 is 1.40 bits per heavy atom. The minimum atomic E-state index is 0.932. The van der Waals surface area contributed by atoms with E-state index in [1.165, 1.54) is 6.42 Å². The zero-order valence-electron chi connectivity index (χ0n) is 6.98. The molecule has 3 aliphatic rings. The first-order valence-corrected chi connectivity index (χ1v) is 4.77. The molecule has 3 fully saturated rings. The number of hydrogen-bond acceptors (Lipinski definition) is 0. The number of fused-ring (bicyclic) bond motifs is 1. The predicted molar refractivity (Wildman–Crippen MR) is 41.7 cm³/mol. The molecule has 0 bridgehead atoms. The molecule has 0 aliphatic heterocycles. The second-order valence-electron chi connectivity index (χ2n) is 4.80. The van der Waals surface area contributed by atoms with Gasteiger partial charge in [0, 0.05) is 0 Å². The van der Waals surface area contributed by atoms with Crippen LogP contribution in [0.4, 0.5) is 0 Å². The molecule has 0 aromatic rings. The lowest BCUT2D eigenvalue weighted by Crippen LogP contribution is -1.81. The fourth-order valence-electron chi connectivity index (χ4n) is 3.92. The predicted octanol–water partition coefficient (Wildman–Crippen LogP) is 2.83. The highest BCUT2D eigenvalue weighted by Gasteiger charge is 2.86. The molecule has 56 valence electrons. The van der Waals surface area contributed by atoms with Crippen LogP contribution in [0.1, 0.15) is 39.5 Å². The SMILES string of the molecule is CCC1C(C)C12CC21CC1. The summed E-state index contributed by atoms with van der Waals surface area (Å²) in [5.41, 5.74) is 1.88. The van der Waals surface area contributed by atoms with E-state index in [9.17, 15) is 0 Å². The van der Waals surface area contributed by atoms with Crippen molar-refractivity contribution in [2.75, 3.05) is 0 Å². The van der Waals surface area contributed by atoms with Crippen LogP contribution >= 0.6 is 0 Å². The topological polar surface area (TPSA) is 0 Å². The van der Waals surface area contributed by atoms with E-state index in [1.54, 1.807) is 19.3 Å². The standard InChI is InChI=1S/C10H16/c1-3-8-7(2)10(8)6-9(10)4-5-9/h7-8H,3-6H2,1-2H3. The second-order valence-corrected chi connectivity index (χ2v) is 4.80. The molecule has 0 nitrogen and oxygen atoms in total. The van der Waals surface area contributed by atoms with E-state index >= 15 is 0 Å². The van der Waals surface area contributed by atoms with E-state index in [4.69, 9.17) is 0 Å². The van der Waals surface area contributed by atoms with Gasteiger partial charge in [0.15, 0.2) is 0 Å². The van der Waals surface area contributed by atoms with Crippen molar-refractivity contribution in [3.05, 3.63) is 0 Å². The summed E-state index contributed by atoms with van der Waals surface area (Å²) in [4.78, 5) is 0. The highest BCUT2D eigenvalue weighted by molar-refractivity contribution is 5.34. The van der Waals surface area contributed by atoms with Crippen LogP contribution in [-0.4, -0.2) is 0 Å². The van der Waals surface area contributed by atoms with Gasteiger partial charge in [-0.15, -0.1) is 0 Å². The Kier molecular flexibility index (Phi) is 0.669. The van der Waals surface area contributed by atoms with Crippen molar-refractivity contribution in [1.29, 1.82) is 0 Å². The van der Waals surface area contributed by atoms with E-state index in [-0.39, 0.29) is 0 Å². The van der Waals surface area contributed by atoms with Gasteiger partial charge in [-0.1, -0.05) is 20.3 Å². The van der Waals surface area contributed by atoms with Crippen molar-refractivity contribution in [1.82, 2.24) is 0 Å². The summed E-state index contributed by atoms with van der Waals surface area (Å²) in [5.74, 6) is 2.23. The van der Waals surface area contributed by atoms with E-state index in [1.807, 2.05) is 0 Å². The third-order valence-corrected chi connectivity index (χ3v) is 4.76. The molecule has 3 rings (SSSR count). The highest BCUT2D eigenvalue weighted by atomic mass is 14.9. The minimum absolute atomic E-state index is 0.932. The highest BCUT2D eigenvalue weighted by Crippen LogP contribution is 2.93. The Morgan fingerprint density at radius 3 is 2.40 bits per heavy atom. The van der Waals surface area contributed by atoms with Gasteiger partial charge in [-0.2, -0.15) is 0 Å². The molecule has 3 aliphatic carbocycles. The lowest BCUT2D eigenvalue weighted by Gasteiger charge is -1.87. The lowest BCUT2D eigenvalue weighted by atomic mass is 10.2. The van der Waals surface area contributed by atoms with E-state index in [0.29, 0.717) is 0 Å². The van der Waals surface area contributed by atoms with Gasteiger partial charge in [0.05, 0.1) is 0 Å². The summed E-state index contributed by atoms with van der Waals surface area (Å²) in [7, 11) is 0. The van der Waals surface area contributed by atoms with Gasteiger partial charge < -0.3 is 0 Å². The summed E-state index contributed by atoms with van der Waals surface area (Å²) >= 11 is 0. The fourth-order valence-corrected chi connectivity index (χ4v) is 3.92. The molecule has 3 atom stereocenters. The van der Waals surface area contributed by atoms with Crippen molar-refractivity contribution < 1.29 is 0 Å². The monoisotopic (exact) mass is 136 g/mol. The molecule has 2 spiro atoms. The van der Waals surface area contributed by atoms with E-state index in [0.717, 1.165) is 22.7 Å². The molecule has 0 radical (unpaired) electrons. The second kappa shape index (κ2) is 1.19. The van der Waals surface area contributed by atoms with Crippen molar-refractivity contribution >= 4 is 0 Å². The lowest BCUT2D eigenvalue weighted by molar-refractivity contribution is 0.607. The molecule has 0 heterocycles. The van der Waals surface area contributed by atoms with Crippen LogP contribution in [-0.2, 0) is 0 Å². The maximum absolute atomic E-state index is 2.47. The van der Waals surface area contributed by atoms with Crippen molar-refractivity contribution in [2.45, 2.75) is 39.5 Å². The largest absolute Gasteiger partial charge is 0.0651 e.